The number of hydrogen-bond acceptors (Lipinski definition) is 5. The maximum Gasteiger partial charge on any atom is 0.298 e. The molecule has 4 aromatic rings. The first kappa shape index (κ1) is 17.7. The van der Waals surface area contributed by atoms with E-state index in [4.69, 9.17) is 4.42 Å². The fourth-order valence-corrected chi connectivity index (χ4v) is 3.96. The van der Waals surface area contributed by atoms with Crippen molar-refractivity contribution in [2.75, 3.05) is 24.5 Å². The first-order chi connectivity index (χ1) is 14.3. The van der Waals surface area contributed by atoms with Gasteiger partial charge in [-0.2, -0.15) is 4.98 Å². The molecule has 1 N–H and O–H groups in total. The lowest BCUT2D eigenvalue weighted by molar-refractivity contribution is 0.0945. The van der Waals surface area contributed by atoms with Gasteiger partial charge in [0.1, 0.15) is 5.52 Å². The first-order valence-electron chi connectivity index (χ1n) is 10.00. The molecular formula is C23H22N4O2. The molecule has 1 aliphatic rings. The Labute approximate surface area is 168 Å². The normalized spacial score (nSPS) is 17.0. The van der Waals surface area contributed by atoms with Crippen molar-refractivity contribution in [3.05, 3.63) is 66.4 Å². The molecule has 0 spiro atoms. The molecule has 29 heavy (non-hydrogen) atoms. The van der Waals surface area contributed by atoms with E-state index in [9.17, 15) is 4.79 Å². The van der Waals surface area contributed by atoms with Crippen LogP contribution in [0.4, 0.5) is 6.01 Å². The lowest BCUT2D eigenvalue weighted by Gasteiger charge is -2.31. The van der Waals surface area contributed by atoms with E-state index in [0.717, 1.165) is 47.9 Å². The van der Waals surface area contributed by atoms with Crippen molar-refractivity contribution in [2.45, 2.75) is 12.8 Å². The van der Waals surface area contributed by atoms with Crippen LogP contribution in [0, 0.1) is 5.92 Å². The van der Waals surface area contributed by atoms with E-state index in [0.29, 0.717) is 24.0 Å². The number of hydrogen-bond donors (Lipinski definition) is 1. The molecule has 0 aliphatic carbocycles. The first-order valence-corrected chi connectivity index (χ1v) is 10.00. The number of amides is 1. The molecular weight excluding hydrogens is 364 g/mol. The summed E-state index contributed by atoms with van der Waals surface area (Å²) in [6, 6.07) is 17.9. The average molecular weight is 386 g/mol. The van der Waals surface area contributed by atoms with Crippen molar-refractivity contribution >= 4 is 33.9 Å². The van der Waals surface area contributed by atoms with Crippen LogP contribution in [0.5, 0.6) is 0 Å². The maximum atomic E-state index is 12.6. The van der Waals surface area contributed by atoms with Gasteiger partial charge in [-0.15, -0.1) is 0 Å². The van der Waals surface area contributed by atoms with E-state index < -0.39 is 0 Å². The van der Waals surface area contributed by atoms with Gasteiger partial charge >= 0.3 is 0 Å². The van der Waals surface area contributed by atoms with E-state index in [1.54, 1.807) is 6.20 Å². The summed E-state index contributed by atoms with van der Waals surface area (Å²) < 4.78 is 5.91. The second-order valence-corrected chi connectivity index (χ2v) is 7.54. The summed E-state index contributed by atoms with van der Waals surface area (Å²) in [5.41, 5.74) is 3.25. The largest absolute Gasteiger partial charge is 0.423 e. The van der Waals surface area contributed by atoms with Crippen molar-refractivity contribution in [3.8, 4) is 0 Å². The van der Waals surface area contributed by atoms with Crippen LogP contribution in [-0.4, -0.2) is 35.5 Å². The standard InChI is InChI=1S/C23H22N4O2/c28-22(18-9-10-19-17(13-18)6-3-11-24-19)25-14-16-5-4-12-27(15-16)23-26-20-7-1-2-8-21(20)29-23/h1-3,6-11,13,16H,4-5,12,14-15H2,(H,25,28). The number of anilines is 1. The number of piperidine rings is 1. The van der Waals surface area contributed by atoms with Gasteiger partial charge in [0.05, 0.1) is 5.52 Å². The third-order valence-electron chi connectivity index (χ3n) is 5.49. The van der Waals surface area contributed by atoms with Crippen molar-refractivity contribution in [3.63, 3.8) is 0 Å². The van der Waals surface area contributed by atoms with E-state index in [1.807, 2.05) is 54.6 Å². The number of carbonyl (C=O) groups is 1. The predicted octanol–water partition coefficient (Wildman–Crippen LogP) is 4.02. The lowest BCUT2D eigenvalue weighted by Crippen LogP contribution is -2.41. The third-order valence-corrected chi connectivity index (χ3v) is 5.49. The molecule has 1 saturated heterocycles. The minimum Gasteiger partial charge on any atom is -0.423 e. The van der Waals surface area contributed by atoms with Gasteiger partial charge in [0, 0.05) is 36.8 Å². The van der Waals surface area contributed by atoms with Crippen LogP contribution in [-0.2, 0) is 0 Å². The number of fused-ring (bicyclic) bond motifs is 2. The SMILES string of the molecule is O=C(NCC1CCCN(c2nc3ccccc3o2)C1)c1ccc2ncccc2c1. The number of aromatic nitrogens is 2. The van der Waals surface area contributed by atoms with Crippen LogP contribution in [0.2, 0.25) is 0 Å². The van der Waals surface area contributed by atoms with Crippen molar-refractivity contribution < 1.29 is 9.21 Å². The van der Waals surface area contributed by atoms with Gasteiger partial charge in [0.15, 0.2) is 5.58 Å². The molecule has 0 saturated carbocycles. The number of pyridine rings is 1. The monoisotopic (exact) mass is 386 g/mol. The Morgan fingerprint density at radius 2 is 2.07 bits per heavy atom. The number of rotatable bonds is 4. The summed E-state index contributed by atoms with van der Waals surface area (Å²) in [6.07, 6.45) is 3.90. The summed E-state index contributed by atoms with van der Waals surface area (Å²) in [6.45, 7) is 2.39. The van der Waals surface area contributed by atoms with Crippen LogP contribution < -0.4 is 10.2 Å². The van der Waals surface area contributed by atoms with Gasteiger partial charge in [0.25, 0.3) is 11.9 Å². The van der Waals surface area contributed by atoms with Gasteiger partial charge in [-0.05, 0) is 55.2 Å². The molecule has 1 fully saturated rings. The fraction of sp³-hybridized carbons (Fsp3) is 0.261. The topological polar surface area (TPSA) is 71.3 Å². The number of benzene rings is 2. The number of carbonyl (C=O) groups excluding carboxylic acids is 1. The Balaban J connectivity index is 1.23. The second-order valence-electron chi connectivity index (χ2n) is 7.54. The van der Waals surface area contributed by atoms with Crippen LogP contribution >= 0.6 is 0 Å². The Morgan fingerprint density at radius 1 is 1.14 bits per heavy atom. The Morgan fingerprint density at radius 3 is 3.00 bits per heavy atom. The van der Waals surface area contributed by atoms with Crippen LogP contribution in [0.15, 0.2) is 65.2 Å². The van der Waals surface area contributed by atoms with E-state index >= 15 is 0 Å². The Bertz CT molecular complexity index is 1140. The van der Waals surface area contributed by atoms with Crippen molar-refractivity contribution in [1.29, 1.82) is 0 Å². The van der Waals surface area contributed by atoms with E-state index in [2.05, 4.69) is 20.2 Å². The Kier molecular flexibility index (Phi) is 4.60. The molecule has 1 atom stereocenters. The lowest BCUT2D eigenvalue weighted by atomic mass is 9.98. The highest BCUT2D eigenvalue weighted by atomic mass is 16.4. The molecule has 0 radical (unpaired) electrons. The molecule has 2 aromatic carbocycles. The number of nitrogens with one attached hydrogen (secondary N) is 1. The zero-order valence-corrected chi connectivity index (χ0v) is 16.0. The molecule has 1 unspecified atom stereocenters. The molecule has 146 valence electrons. The highest BCUT2D eigenvalue weighted by molar-refractivity contribution is 5.97. The minimum absolute atomic E-state index is 0.0465. The molecule has 6 heteroatoms. The molecule has 0 bridgehead atoms. The number of para-hydroxylation sites is 2. The van der Waals surface area contributed by atoms with Crippen LogP contribution in [0.25, 0.3) is 22.0 Å². The summed E-state index contributed by atoms with van der Waals surface area (Å²) >= 11 is 0. The van der Waals surface area contributed by atoms with Gasteiger partial charge in [-0.1, -0.05) is 18.2 Å². The summed E-state index contributed by atoms with van der Waals surface area (Å²) in [5, 5.41) is 4.07. The summed E-state index contributed by atoms with van der Waals surface area (Å²) in [4.78, 5) is 23.7. The van der Waals surface area contributed by atoms with E-state index in [-0.39, 0.29) is 5.91 Å². The zero-order chi connectivity index (χ0) is 19.6. The highest BCUT2D eigenvalue weighted by Gasteiger charge is 2.24. The molecule has 5 rings (SSSR count). The molecule has 1 amide bonds. The quantitative estimate of drug-likeness (QED) is 0.574. The number of oxazole rings is 1. The molecule has 3 heterocycles. The highest BCUT2D eigenvalue weighted by Crippen LogP contribution is 2.26. The van der Waals surface area contributed by atoms with Crippen LogP contribution in [0.1, 0.15) is 23.2 Å². The fourth-order valence-electron chi connectivity index (χ4n) is 3.96. The van der Waals surface area contributed by atoms with Gasteiger partial charge in [-0.3, -0.25) is 9.78 Å². The van der Waals surface area contributed by atoms with Crippen LogP contribution in [0.3, 0.4) is 0 Å². The second kappa shape index (κ2) is 7.54. The van der Waals surface area contributed by atoms with Crippen molar-refractivity contribution in [2.24, 2.45) is 5.92 Å². The van der Waals surface area contributed by atoms with Gasteiger partial charge < -0.3 is 14.6 Å². The predicted molar refractivity (Wildman–Crippen MR) is 113 cm³/mol. The molecule has 2 aromatic heterocycles. The smallest absolute Gasteiger partial charge is 0.298 e. The minimum atomic E-state index is -0.0465. The van der Waals surface area contributed by atoms with Gasteiger partial charge in [-0.25, -0.2) is 0 Å². The molecule has 1 aliphatic heterocycles. The summed E-state index contributed by atoms with van der Waals surface area (Å²) in [7, 11) is 0. The van der Waals surface area contributed by atoms with E-state index in [1.165, 1.54) is 0 Å². The third kappa shape index (κ3) is 3.66. The average Bonchev–Trinajstić information content (AvgIpc) is 3.22. The van der Waals surface area contributed by atoms with Gasteiger partial charge in [0.2, 0.25) is 0 Å². The number of nitrogens with zero attached hydrogens (tertiary/aromatic N) is 3. The zero-order valence-electron chi connectivity index (χ0n) is 16.0. The molecule has 6 nitrogen and oxygen atoms in total. The maximum absolute atomic E-state index is 12.6. The Hall–Kier alpha value is -3.41. The summed E-state index contributed by atoms with van der Waals surface area (Å²) in [5.74, 6) is 0.319. The van der Waals surface area contributed by atoms with Crippen molar-refractivity contribution in [1.82, 2.24) is 15.3 Å².